The van der Waals surface area contributed by atoms with Crippen LogP contribution in [0.4, 0.5) is 0 Å². The predicted octanol–water partition coefficient (Wildman–Crippen LogP) is 16.1. The molecule has 1 aliphatic heterocycles. The smallest absolute Gasteiger partial charge is 0.267 e. The molecule has 15 aromatic rings. The van der Waals surface area contributed by atoms with Gasteiger partial charge < -0.3 is 38.0 Å². The molecule has 0 saturated carbocycles. The molecule has 0 bridgehead atoms. The third kappa shape index (κ3) is 27.5. The number of fused-ring (bicyclic) bond motifs is 6. The van der Waals surface area contributed by atoms with Crippen LogP contribution in [0.1, 0.15) is 121 Å². The number of pyridine rings is 1. The highest BCUT2D eigenvalue weighted by Gasteiger charge is 2.24. The van der Waals surface area contributed by atoms with Gasteiger partial charge in [-0.25, -0.2) is 52.3 Å². The number of hydrogen-bond donors (Lipinski definition) is 12. The predicted molar refractivity (Wildman–Crippen MR) is 511 cm³/mol. The third-order valence-electron chi connectivity index (χ3n) is 21.7. The van der Waals surface area contributed by atoms with Crippen molar-refractivity contribution in [1.29, 1.82) is 0 Å². The van der Waals surface area contributed by atoms with Crippen LogP contribution in [0.15, 0.2) is 249 Å². The Kier molecular flexibility index (Phi) is 34.8. The number of rotatable bonds is 31. The van der Waals surface area contributed by atoms with Gasteiger partial charge in [0, 0.05) is 124 Å². The molecule has 672 valence electrons. The van der Waals surface area contributed by atoms with Gasteiger partial charge in [-0.15, -0.1) is 0 Å². The zero-order valence-electron chi connectivity index (χ0n) is 73.8. The normalized spacial score (nSPS) is 12.4. The maximum absolute atomic E-state index is 11.3. The molecule has 30 heteroatoms. The summed E-state index contributed by atoms with van der Waals surface area (Å²) in [5, 5.41) is 45.0. The Morgan fingerprint density at radius 1 is 0.485 bits per heavy atom. The molecule has 16 rings (SSSR count). The average molecular weight is 1770 g/mol. The number of benzene rings is 8. The van der Waals surface area contributed by atoms with Crippen molar-refractivity contribution in [2.75, 3.05) is 40.3 Å². The molecule has 12 N–H and O–H groups in total. The summed E-state index contributed by atoms with van der Waals surface area (Å²) >= 11 is 1.74. The van der Waals surface area contributed by atoms with Gasteiger partial charge in [-0.05, 0) is 232 Å². The first-order valence-corrected chi connectivity index (χ1v) is 44.2. The lowest BCUT2D eigenvalue weighted by molar-refractivity contribution is -0.124. The number of hydrogen-bond acceptors (Lipinski definition) is 19. The number of aryl methyl sites for hydroxylation is 6. The number of imidazole rings is 5. The molecule has 0 radical (unpaired) electrons. The molecule has 29 nitrogen and oxygen atoms in total. The molecule has 1 aliphatic rings. The van der Waals surface area contributed by atoms with E-state index in [1.54, 1.807) is 75.7 Å². The lowest BCUT2D eigenvalue weighted by Crippen LogP contribution is -2.32. The Bertz CT molecular complexity index is 6460. The highest BCUT2D eigenvalue weighted by atomic mass is 32.2. The Balaban J connectivity index is 0.000000148. The van der Waals surface area contributed by atoms with Crippen LogP contribution < -0.4 is 27.4 Å². The Hall–Kier alpha value is -14.1. The third-order valence-corrected chi connectivity index (χ3v) is 22.8. The highest BCUT2D eigenvalue weighted by Crippen LogP contribution is 2.33. The molecule has 8 aromatic carbocycles. The summed E-state index contributed by atoms with van der Waals surface area (Å²) in [5.74, 6) is 1.09. The van der Waals surface area contributed by atoms with Crippen molar-refractivity contribution in [3.8, 4) is 0 Å². The number of thioether (sulfide) groups is 1. The average Bonchev–Trinajstić information content (AvgIpc) is 1.66. The van der Waals surface area contributed by atoms with Crippen LogP contribution in [0.2, 0.25) is 0 Å². The Labute approximate surface area is 757 Å². The number of likely N-dealkylation sites (tertiary alicyclic amines) is 1. The molecule has 130 heavy (non-hydrogen) atoms. The Morgan fingerprint density at radius 2 is 0.985 bits per heavy atom. The maximum atomic E-state index is 11.3. The van der Waals surface area contributed by atoms with Gasteiger partial charge in [0.05, 0.1) is 61.5 Å². The van der Waals surface area contributed by atoms with Crippen molar-refractivity contribution in [1.82, 2.24) is 95.3 Å². The summed E-state index contributed by atoms with van der Waals surface area (Å²) < 4.78 is 8.94. The van der Waals surface area contributed by atoms with Gasteiger partial charge in [-0.2, -0.15) is 0 Å². The van der Waals surface area contributed by atoms with E-state index in [2.05, 4.69) is 162 Å². The zero-order valence-corrected chi connectivity index (χ0v) is 74.6. The van der Waals surface area contributed by atoms with Gasteiger partial charge in [0.15, 0.2) is 5.16 Å². The van der Waals surface area contributed by atoms with Crippen LogP contribution in [0.3, 0.4) is 0 Å². The van der Waals surface area contributed by atoms with Gasteiger partial charge in [0.2, 0.25) is 0 Å². The minimum atomic E-state index is -0.563. The standard InChI is InChI=1S/C24H30N4O2S.C23H24N4O2.C19H19N3O2.C17H16N4O2.C17H22N4O2/c1-24(2,16-27(3)4)17-28-21-12-10-18(11-13-22(29)26-30)14-20(21)25-23(28)31-15-19-8-6-5-7-9-19;1-2-27-21-12-10-16(11-13-23(28)26-29)14-20(21)25-22(27)9-5-6-17-15-24-19-8-4-3-7-18(17)19;1-2-22-17-10-8-15(9-11-19(23)21-24)12-16(17)20-18(22)13-14-6-4-3-5-7-14;22-17(21-23)8-5-12-3-6-14-15(10-12)20-16(19-14)7-4-13-2-1-9-18-11-13;22-17(19-23)7-5-14-4-6-16-15(12-14)18-13-21(16)11-10-20-8-2-1-3-9-20/h5-14,30H,15-17H2,1-4H3,(H,26,29);3-4,7-8,10-15,24,29H,2,5-6,9H2,1H3,(H,26,28);3-12,24H,2,13H2,1H3,(H,21,23);1-3,5-6,8-11,23H,4,7H2,(H,19,20)(H,21,22);4-7,12-13,23H,1-3,8-11H2,(H,19,22)/b2*13-11+;11-9+;8-5+;7-5+. The first-order valence-electron chi connectivity index (χ1n) is 43.2. The van der Waals surface area contributed by atoms with E-state index in [1.807, 2.05) is 140 Å². The molecule has 0 unspecified atom stereocenters. The molecule has 8 heterocycles. The van der Waals surface area contributed by atoms with Crippen LogP contribution in [-0.4, -0.2) is 164 Å². The number of carbonyl (C=O) groups is 5. The second-order valence-corrected chi connectivity index (χ2v) is 33.2. The monoisotopic (exact) mass is 1770 g/mol. The first-order chi connectivity index (χ1) is 63.2. The summed E-state index contributed by atoms with van der Waals surface area (Å²) in [7, 11) is 4.19. The van der Waals surface area contributed by atoms with Crippen molar-refractivity contribution >= 4 is 138 Å². The van der Waals surface area contributed by atoms with E-state index in [9.17, 15) is 24.0 Å². The number of hydroxylamine groups is 5. The summed E-state index contributed by atoms with van der Waals surface area (Å²) in [6.45, 7) is 16.7. The fourth-order valence-electron chi connectivity index (χ4n) is 15.7. The summed E-state index contributed by atoms with van der Waals surface area (Å²) in [5.41, 5.74) is 28.2. The largest absolute Gasteiger partial charge is 0.361 e. The minimum Gasteiger partial charge on any atom is -0.361 e. The second-order valence-electron chi connectivity index (χ2n) is 32.3. The zero-order chi connectivity index (χ0) is 91.7. The topological polar surface area (TPSA) is 382 Å². The molecule has 0 atom stereocenters. The number of carbonyl (C=O) groups excluding carboxylic acids is 5. The molecule has 0 aliphatic carbocycles. The fourth-order valence-corrected chi connectivity index (χ4v) is 16.7. The van der Waals surface area contributed by atoms with Crippen LogP contribution in [0.5, 0.6) is 0 Å². The van der Waals surface area contributed by atoms with E-state index >= 15 is 0 Å². The number of para-hydroxylation sites is 1. The number of aromatic amines is 2. The van der Waals surface area contributed by atoms with Crippen LogP contribution in [0.25, 0.3) is 96.5 Å². The van der Waals surface area contributed by atoms with Crippen molar-refractivity contribution in [3.63, 3.8) is 0 Å². The molecule has 5 amide bonds. The van der Waals surface area contributed by atoms with Gasteiger partial charge in [-0.3, -0.25) is 55.0 Å². The van der Waals surface area contributed by atoms with Crippen molar-refractivity contribution in [3.05, 3.63) is 311 Å². The number of nitrogens with zero attached hydrogens (tertiary/aromatic N) is 12. The SMILES string of the molecule is CCn1c(CCCc2c[nH]c3ccccc23)nc2cc(/C=C/C(=O)NO)ccc21.CCn1c(Cc2ccccc2)nc2cc(/C=C/C(=O)NO)ccc21.CN(C)CC(C)(C)Cn1c(SCc2ccccc2)nc2cc(/C=C/C(=O)NO)ccc21.O=C(/C=C/c1ccc2c(c1)ncn2CCN1CCCCC1)NO.O=C(/C=C/c1ccc2nc(CCc3cccnc3)[nH]c2c1)NO. The minimum absolute atomic E-state index is 0.0664. The van der Waals surface area contributed by atoms with Crippen molar-refractivity contribution < 1.29 is 50.0 Å². The molecule has 1 fully saturated rings. The van der Waals surface area contributed by atoms with Gasteiger partial charge in [-0.1, -0.05) is 147 Å². The first kappa shape index (κ1) is 95.0. The van der Waals surface area contributed by atoms with E-state index in [1.165, 1.54) is 95.9 Å². The number of piperidine rings is 1. The number of nitrogens with one attached hydrogen (secondary N) is 7. The number of amides is 5. The van der Waals surface area contributed by atoms with Crippen LogP contribution >= 0.6 is 11.8 Å². The van der Waals surface area contributed by atoms with E-state index in [0.29, 0.717) is 0 Å². The lowest BCUT2D eigenvalue weighted by atomic mass is 9.93. The van der Waals surface area contributed by atoms with Crippen LogP contribution in [0, 0.1) is 5.41 Å². The quantitative estimate of drug-likeness (QED) is 0.00831. The van der Waals surface area contributed by atoms with Gasteiger partial charge in [0.25, 0.3) is 29.5 Å². The lowest BCUT2D eigenvalue weighted by Gasteiger charge is -2.29. The van der Waals surface area contributed by atoms with E-state index < -0.39 is 29.5 Å². The summed E-state index contributed by atoms with van der Waals surface area (Å²) in [6, 6.07) is 62.4. The fraction of sp³-hybridized carbons (Fsp3) is 0.250. The molecular formula is C100H111N19O10S. The Morgan fingerprint density at radius 3 is 1.54 bits per heavy atom. The summed E-state index contributed by atoms with van der Waals surface area (Å²) in [6.07, 6.45) is 31.6. The van der Waals surface area contributed by atoms with E-state index in [-0.39, 0.29) is 5.41 Å². The molecular weight excluding hydrogens is 1660 g/mol. The number of H-pyrrole nitrogens is 2. The summed E-state index contributed by atoms with van der Waals surface area (Å²) in [4.78, 5) is 94.6. The molecule has 7 aromatic heterocycles. The van der Waals surface area contributed by atoms with Crippen molar-refractivity contribution in [2.24, 2.45) is 5.41 Å². The van der Waals surface area contributed by atoms with E-state index in [4.69, 9.17) is 41.0 Å². The van der Waals surface area contributed by atoms with Gasteiger partial charge >= 0.3 is 0 Å². The highest BCUT2D eigenvalue weighted by molar-refractivity contribution is 7.98. The van der Waals surface area contributed by atoms with Crippen molar-refractivity contribution in [2.45, 2.75) is 123 Å². The number of aromatic nitrogens is 12. The maximum Gasteiger partial charge on any atom is 0.267 e. The molecule has 1 saturated heterocycles. The second kappa shape index (κ2) is 47.6. The van der Waals surface area contributed by atoms with Crippen LogP contribution in [-0.2, 0) is 88.0 Å². The van der Waals surface area contributed by atoms with Gasteiger partial charge in [0.1, 0.15) is 17.5 Å². The molecule has 0 spiro atoms. The van der Waals surface area contributed by atoms with E-state index in [0.717, 1.165) is 189 Å².